The summed E-state index contributed by atoms with van der Waals surface area (Å²) in [5.41, 5.74) is 5.78. The summed E-state index contributed by atoms with van der Waals surface area (Å²) in [7, 11) is 0. The SMILES string of the molecule is CCCCCCCCCCCCn1cc(-c2nc(C(N)=O)nn2COCCO)nn1. The van der Waals surface area contributed by atoms with Gasteiger partial charge in [-0.2, -0.15) is 0 Å². The van der Waals surface area contributed by atoms with Crippen LogP contribution in [-0.2, 0) is 18.0 Å². The van der Waals surface area contributed by atoms with E-state index in [4.69, 9.17) is 15.6 Å². The van der Waals surface area contributed by atoms with Crippen LogP contribution < -0.4 is 5.73 Å². The Balaban J connectivity index is 1.77. The molecule has 0 saturated heterocycles. The molecule has 0 aliphatic carbocycles. The number of rotatable bonds is 17. The number of primary amides is 1. The van der Waals surface area contributed by atoms with Gasteiger partial charge in [0.15, 0.2) is 5.82 Å². The molecular formula is C20H35N7O3. The van der Waals surface area contributed by atoms with Gasteiger partial charge in [-0.15, -0.1) is 10.2 Å². The number of ether oxygens (including phenoxy) is 1. The van der Waals surface area contributed by atoms with Gasteiger partial charge in [0.05, 0.1) is 19.4 Å². The van der Waals surface area contributed by atoms with Crippen LogP contribution in [0.2, 0.25) is 0 Å². The molecule has 3 N–H and O–H groups in total. The fourth-order valence-electron chi connectivity index (χ4n) is 3.21. The zero-order chi connectivity index (χ0) is 21.6. The largest absolute Gasteiger partial charge is 0.394 e. The van der Waals surface area contributed by atoms with Gasteiger partial charge < -0.3 is 15.6 Å². The molecule has 30 heavy (non-hydrogen) atoms. The van der Waals surface area contributed by atoms with E-state index >= 15 is 0 Å². The van der Waals surface area contributed by atoms with Gasteiger partial charge in [0.1, 0.15) is 12.4 Å². The van der Waals surface area contributed by atoms with Crippen LogP contribution in [-0.4, -0.2) is 54.0 Å². The lowest BCUT2D eigenvalue weighted by atomic mass is 10.1. The monoisotopic (exact) mass is 421 g/mol. The Hall–Kier alpha value is -2.33. The molecule has 0 aliphatic heterocycles. The molecule has 1 amide bonds. The van der Waals surface area contributed by atoms with Crippen molar-refractivity contribution in [1.29, 1.82) is 0 Å². The van der Waals surface area contributed by atoms with Crippen molar-refractivity contribution in [2.75, 3.05) is 13.2 Å². The van der Waals surface area contributed by atoms with Crippen LogP contribution in [0.4, 0.5) is 0 Å². The van der Waals surface area contributed by atoms with Crippen LogP contribution in [0.25, 0.3) is 11.5 Å². The standard InChI is InChI=1S/C20H35N7O3/c1-2-3-4-5-6-7-8-9-10-11-12-26-15-17(23-25-26)20-22-19(18(21)29)24-27(20)16-30-14-13-28/h15,28H,2-14,16H2,1H3,(H2,21,29). The Morgan fingerprint density at radius 1 is 1.10 bits per heavy atom. The van der Waals surface area contributed by atoms with Crippen molar-refractivity contribution in [1.82, 2.24) is 29.8 Å². The zero-order valence-electron chi connectivity index (χ0n) is 18.0. The highest BCUT2D eigenvalue weighted by Gasteiger charge is 2.18. The highest BCUT2D eigenvalue weighted by atomic mass is 16.5. The number of amides is 1. The zero-order valence-corrected chi connectivity index (χ0v) is 18.0. The summed E-state index contributed by atoms with van der Waals surface area (Å²) >= 11 is 0. The summed E-state index contributed by atoms with van der Waals surface area (Å²) in [5, 5.41) is 21.2. The van der Waals surface area contributed by atoms with E-state index in [1.807, 2.05) is 0 Å². The predicted octanol–water partition coefficient (Wildman–Crippen LogP) is 2.52. The first kappa shape index (κ1) is 23.9. The molecule has 10 heteroatoms. The first-order chi connectivity index (χ1) is 14.7. The van der Waals surface area contributed by atoms with Crippen LogP contribution in [0, 0.1) is 0 Å². The molecule has 0 aromatic carbocycles. The molecule has 0 unspecified atom stereocenters. The third-order valence-corrected chi connectivity index (χ3v) is 4.85. The molecule has 0 bridgehead atoms. The molecular weight excluding hydrogens is 386 g/mol. The van der Waals surface area contributed by atoms with Crippen molar-refractivity contribution in [3.8, 4) is 11.5 Å². The molecule has 10 nitrogen and oxygen atoms in total. The number of aliphatic hydroxyl groups is 1. The number of hydrogen-bond donors (Lipinski definition) is 2. The fraction of sp³-hybridized carbons (Fsp3) is 0.750. The van der Waals surface area contributed by atoms with Crippen LogP contribution in [0.1, 0.15) is 81.8 Å². The maximum atomic E-state index is 11.4. The molecule has 0 saturated carbocycles. The molecule has 0 aliphatic rings. The lowest BCUT2D eigenvalue weighted by Gasteiger charge is -2.04. The maximum absolute atomic E-state index is 11.4. The van der Waals surface area contributed by atoms with Gasteiger partial charge in [-0.05, 0) is 6.42 Å². The van der Waals surface area contributed by atoms with Crippen molar-refractivity contribution in [2.24, 2.45) is 5.73 Å². The van der Waals surface area contributed by atoms with E-state index in [9.17, 15) is 4.79 Å². The van der Waals surface area contributed by atoms with Crippen molar-refractivity contribution in [3.05, 3.63) is 12.0 Å². The molecule has 2 aromatic heterocycles. The van der Waals surface area contributed by atoms with Crippen molar-refractivity contribution >= 4 is 5.91 Å². The normalized spacial score (nSPS) is 11.3. The smallest absolute Gasteiger partial charge is 0.288 e. The average Bonchev–Trinajstić information content (AvgIpc) is 3.37. The second-order valence-corrected chi connectivity index (χ2v) is 7.43. The van der Waals surface area contributed by atoms with Gasteiger partial charge in [-0.1, -0.05) is 69.9 Å². The number of carbonyl (C=O) groups is 1. The van der Waals surface area contributed by atoms with Gasteiger partial charge in [-0.3, -0.25) is 9.48 Å². The molecule has 0 radical (unpaired) electrons. The predicted molar refractivity (Wildman–Crippen MR) is 112 cm³/mol. The summed E-state index contributed by atoms with van der Waals surface area (Å²) < 4.78 is 8.44. The van der Waals surface area contributed by atoms with Gasteiger partial charge in [0.25, 0.3) is 5.91 Å². The fourth-order valence-corrected chi connectivity index (χ4v) is 3.21. The van der Waals surface area contributed by atoms with Crippen LogP contribution in [0.15, 0.2) is 6.20 Å². The maximum Gasteiger partial charge on any atom is 0.288 e. The van der Waals surface area contributed by atoms with Gasteiger partial charge >= 0.3 is 0 Å². The first-order valence-electron chi connectivity index (χ1n) is 11.0. The topological polar surface area (TPSA) is 134 Å². The minimum absolute atomic E-state index is 0.0292. The molecule has 0 atom stereocenters. The van der Waals surface area contributed by atoms with E-state index in [-0.39, 0.29) is 25.8 Å². The lowest BCUT2D eigenvalue weighted by Crippen LogP contribution is -2.14. The van der Waals surface area contributed by atoms with Gasteiger partial charge in [0.2, 0.25) is 5.82 Å². The second-order valence-electron chi connectivity index (χ2n) is 7.43. The van der Waals surface area contributed by atoms with E-state index in [1.54, 1.807) is 10.9 Å². The highest BCUT2D eigenvalue weighted by molar-refractivity contribution is 5.89. The van der Waals surface area contributed by atoms with E-state index in [0.29, 0.717) is 11.5 Å². The van der Waals surface area contributed by atoms with Crippen LogP contribution in [0.3, 0.4) is 0 Å². The number of nitrogens with two attached hydrogens (primary N) is 1. The number of hydrogen-bond acceptors (Lipinski definition) is 7. The minimum Gasteiger partial charge on any atom is -0.394 e. The Bertz CT molecular complexity index is 745. The molecule has 0 spiro atoms. The van der Waals surface area contributed by atoms with E-state index < -0.39 is 5.91 Å². The third kappa shape index (κ3) is 8.19. The van der Waals surface area contributed by atoms with Crippen LogP contribution >= 0.6 is 0 Å². The summed E-state index contributed by atoms with van der Waals surface area (Å²) in [6, 6.07) is 0. The number of carbonyl (C=O) groups excluding carboxylic acids is 1. The summed E-state index contributed by atoms with van der Waals surface area (Å²) in [6.45, 7) is 3.09. The number of aromatic nitrogens is 6. The Morgan fingerprint density at radius 3 is 2.40 bits per heavy atom. The van der Waals surface area contributed by atoms with E-state index in [1.165, 1.54) is 62.5 Å². The molecule has 2 rings (SSSR count). The number of aryl methyl sites for hydroxylation is 1. The Kier molecular flexibility index (Phi) is 11.0. The van der Waals surface area contributed by atoms with Crippen molar-refractivity contribution in [3.63, 3.8) is 0 Å². The first-order valence-corrected chi connectivity index (χ1v) is 11.0. The van der Waals surface area contributed by atoms with Gasteiger partial charge in [-0.25, -0.2) is 9.67 Å². The highest BCUT2D eigenvalue weighted by Crippen LogP contribution is 2.15. The number of nitrogens with zero attached hydrogens (tertiary/aromatic N) is 6. The van der Waals surface area contributed by atoms with Crippen molar-refractivity contribution in [2.45, 2.75) is 84.4 Å². The van der Waals surface area contributed by atoms with E-state index in [0.717, 1.165) is 13.0 Å². The Morgan fingerprint density at radius 2 is 1.77 bits per heavy atom. The summed E-state index contributed by atoms with van der Waals surface area (Å²) in [5.74, 6) is -0.479. The quantitative estimate of drug-likeness (QED) is 0.375. The summed E-state index contributed by atoms with van der Waals surface area (Å²) in [6.07, 6.45) is 14.6. The van der Waals surface area contributed by atoms with Crippen molar-refractivity contribution < 1.29 is 14.6 Å². The molecule has 0 fully saturated rings. The minimum atomic E-state index is -0.727. The molecule has 2 aromatic rings. The molecule has 168 valence electrons. The average molecular weight is 422 g/mol. The number of aliphatic hydroxyl groups excluding tert-OH is 1. The molecule has 2 heterocycles. The second kappa shape index (κ2) is 13.8. The number of unbranched alkanes of at least 4 members (excludes halogenated alkanes) is 9. The van der Waals surface area contributed by atoms with E-state index in [2.05, 4.69) is 27.3 Å². The summed E-state index contributed by atoms with van der Waals surface area (Å²) in [4.78, 5) is 15.6. The Labute approximate surface area is 177 Å². The lowest BCUT2D eigenvalue weighted by molar-refractivity contribution is 0.0424. The third-order valence-electron chi connectivity index (χ3n) is 4.85. The van der Waals surface area contributed by atoms with Crippen LogP contribution in [0.5, 0.6) is 0 Å². The van der Waals surface area contributed by atoms with Gasteiger partial charge in [0, 0.05) is 6.54 Å².